The zero-order valence-corrected chi connectivity index (χ0v) is 17.4. The predicted molar refractivity (Wildman–Crippen MR) is 109 cm³/mol. The number of allylic oxidation sites excluding steroid dienone is 1. The number of fused-ring (bicyclic) bond motifs is 1. The second-order valence-corrected chi connectivity index (χ2v) is 6.13. The van der Waals surface area contributed by atoms with Crippen molar-refractivity contribution in [3.05, 3.63) is 41.2 Å². The molecule has 2 rings (SSSR count). The molecule has 0 saturated heterocycles. The molecular formula is C21H33F2N3O. The lowest BCUT2D eigenvalue weighted by molar-refractivity contribution is 0.0927. The van der Waals surface area contributed by atoms with Crippen LogP contribution in [-0.2, 0) is 0 Å². The molecule has 0 saturated carbocycles. The number of nitrogens with one attached hydrogen (secondary N) is 1. The van der Waals surface area contributed by atoms with Gasteiger partial charge in [0.25, 0.3) is 5.91 Å². The molecule has 27 heavy (non-hydrogen) atoms. The van der Waals surface area contributed by atoms with Crippen LogP contribution in [0.2, 0.25) is 0 Å². The average molecular weight is 382 g/mol. The molecule has 2 heterocycles. The molecule has 1 aliphatic heterocycles. The number of halogens is 2. The number of hydrogen-bond acceptors (Lipinski definition) is 3. The Morgan fingerprint density at radius 2 is 2.04 bits per heavy atom. The molecule has 2 atom stereocenters. The van der Waals surface area contributed by atoms with Crippen LogP contribution in [0.25, 0.3) is 0 Å². The molecule has 152 valence electrons. The van der Waals surface area contributed by atoms with Crippen LogP contribution >= 0.6 is 0 Å². The highest BCUT2D eigenvalue weighted by atomic mass is 19.3. The Hall–Kier alpha value is -2.11. The quantitative estimate of drug-likeness (QED) is 0.660. The highest BCUT2D eigenvalue weighted by Gasteiger charge is 2.24. The Labute approximate surface area is 162 Å². The number of carbonyl (C=O) groups is 1. The Morgan fingerprint density at radius 1 is 1.41 bits per heavy atom. The van der Waals surface area contributed by atoms with Gasteiger partial charge < -0.3 is 5.32 Å². The summed E-state index contributed by atoms with van der Waals surface area (Å²) in [5.74, 6) is 0.281. The summed E-state index contributed by atoms with van der Waals surface area (Å²) in [4.78, 5) is 20.5. The number of carbonyl (C=O) groups excluding carboxylic acids is 1. The average Bonchev–Trinajstić information content (AvgIpc) is 3.02. The van der Waals surface area contributed by atoms with Crippen molar-refractivity contribution < 1.29 is 13.6 Å². The fourth-order valence-corrected chi connectivity index (χ4v) is 2.24. The van der Waals surface area contributed by atoms with Gasteiger partial charge in [-0.25, -0.2) is 13.8 Å². The van der Waals surface area contributed by atoms with Gasteiger partial charge in [0, 0.05) is 36.0 Å². The number of rotatable bonds is 6. The zero-order valence-electron chi connectivity index (χ0n) is 17.4. The normalized spacial score (nSPS) is 15.1. The summed E-state index contributed by atoms with van der Waals surface area (Å²) in [6, 6.07) is 1.73. The van der Waals surface area contributed by atoms with Crippen LogP contribution in [0.1, 0.15) is 80.8 Å². The minimum absolute atomic E-state index is 0.0594. The minimum atomic E-state index is -2.42. The maximum Gasteiger partial charge on any atom is 0.270 e. The van der Waals surface area contributed by atoms with Crippen LogP contribution in [0.3, 0.4) is 0 Å². The van der Waals surface area contributed by atoms with Crippen molar-refractivity contribution in [1.82, 2.24) is 10.3 Å². The first-order valence-corrected chi connectivity index (χ1v) is 9.53. The number of aromatic nitrogens is 1. The summed E-state index contributed by atoms with van der Waals surface area (Å²) in [5, 5.41) is 2.47. The molecule has 0 spiro atoms. The van der Waals surface area contributed by atoms with E-state index in [9.17, 15) is 13.6 Å². The molecule has 1 amide bonds. The van der Waals surface area contributed by atoms with Gasteiger partial charge in [-0.1, -0.05) is 40.2 Å². The van der Waals surface area contributed by atoms with E-state index in [1.165, 1.54) is 6.42 Å². The van der Waals surface area contributed by atoms with E-state index in [0.29, 0.717) is 11.6 Å². The van der Waals surface area contributed by atoms with E-state index >= 15 is 0 Å². The largest absolute Gasteiger partial charge is 0.350 e. The van der Waals surface area contributed by atoms with Crippen molar-refractivity contribution in [3.63, 3.8) is 0 Å². The molecule has 1 aliphatic rings. The van der Waals surface area contributed by atoms with Crippen molar-refractivity contribution in [2.24, 2.45) is 10.9 Å². The molecule has 4 nitrogen and oxygen atoms in total. The second-order valence-electron chi connectivity index (χ2n) is 6.13. The molecule has 0 aliphatic carbocycles. The molecule has 0 bridgehead atoms. The predicted octanol–water partition coefficient (Wildman–Crippen LogP) is 5.51. The van der Waals surface area contributed by atoms with E-state index in [0.717, 1.165) is 11.1 Å². The maximum atomic E-state index is 12.0. The topological polar surface area (TPSA) is 54.4 Å². The molecule has 0 aromatic carbocycles. The van der Waals surface area contributed by atoms with Gasteiger partial charge in [0.15, 0.2) is 0 Å². The fraction of sp³-hybridized carbons (Fsp3) is 0.571. The van der Waals surface area contributed by atoms with Gasteiger partial charge in [-0.15, -0.1) is 6.58 Å². The fourth-order valence-electron chi connectivity index (χ4n) is 2.24. The van der Waals surface area contributed by atoms with Crippen LogP contribution < -0.4 is 5.32 Å². The highest BCUT2D eigenvalue weighted by molar-refractivity contribution is 5.98. The van der Waals surface area contributed by atoms with Crippen molar-refractivity contribution >= 4 is 12.1 Å². The van der Waals surface area contributed by atoms with Gasteiger partial charge >= 0.3 is 0 Å². The summed E-state index contributed by atoms with van der Waals surface area (Å²) in [6.07, 6.45) is 2.12. The smallest absolute Gasteiger partial charge is 0.270 e. The Morgan fingerprint density at radius 3 is 2.52 bits per heavy atom. The van der Waals surface area contributed by atoms with E-state index in [1.807, 2.05) is 32.9 Å². The monoisotopic (exact) mass is 381 g/mol. The molecule has 0 radical (unpaired) electrons. The third-order valence-corrected chi connectivity index (χ3v) is 3.98. The lowest BCUT2D eigenvalue weighted by atomic mass is 10.0. The lowest BCUT2D eigenvalue weighted by Crippen LogP contribution is -2.28. The number of amides is 1. The highest BCUT2D eigenvalue weighted by Crippen LogP contribution is 2.28. The number of aliphatic imine (C=N–C) groups is 1. The van der Waals surface area contributed by atoms with Gasteiger partial charge in [-0.3, -0.25) is 9.79 Å². The summed E-state index contributed by atoms with van der Waals surface area (Å²) in [7, 11) is 0. The Balaban J connectivity index is 0.000000722. The van der Waals surface area contributed by atoms with E-state index < -0.39 is 12.3 Å². The van der Waals surface area contributed by atoms with Crippen LogP contribution in [0.15, 0.2) is 23.7 Å². The molecular weight excluding hydrogens is 348 g/mol. The maximum absolute atomic E-state index is 12.0. The van der Waals surface area contributed by atoms with Crippen molar-refractivity contribution in [3.8, 4) is 0 Å². The first-order valence-electron chi connectivity index (χ1n) is 9.53. The van der Waals surface area contributed by atoms with Gasteiger partial charge in [0.1, 0.15) is 5.69 Å². The van der Waals surface area contributed by atoms with E-state index in [2.05, 4.69) is 35.7 Å². The molecule has 0 fully saturated rings. The van der Waals surface area contributed by atoms with Gasteiger partial charge in [-0.05, 0) is 25.8 Å². The molecule has 1 aromatic heterocycles. The van der Waals surface area contributed by atoms with Crippen molar-refractivity contribution in [1.29, 1.82) is 0 Å². The first kappa shape index (κ1) is 24.9. The zero-order chi connectivity index (χ0) is 21.0. The molecule has 1 N–H and O–H groups in total. The minimum Gasteiger partial charge on any atom is -0.350 e. The SMILES string of the molecule is C=CC(C)CC.CC.Cc1cc2c(c(C(=O)NCCC(F)F)n1)C(C)N=C2. The third kappa shape index (κ3) is 8.41. The summed E-state index contributed by atoms with van der Waals surface area (Å²) in [5.41, 5.74) is 2.63. The molecule has 1 aromatic rings. The molecule has 6 heteroatoms. The number of pyridine rings is 1. The van der Waals surface area contributed by atoms with E-state index in [1.54, 1.807) is 13.1 Å². The third-order valence-electron chi connectivity index (χ3n) is 3.98. The summed E-state index contributed by atoms with van der Waals surface area (Å²) in [6.45, 7) is 15.5. The van der Waals surface area contributed by atoms with E-state index in [4.69, 9.17) is 0 Å². The first-order chi connectivity index (χ1) is 12.8. The summed E-state index contributed by atoms with van der Waals surface area (Å²) < 4.78 is 24.1. The van der Waals surface area contributed by atoms with Gasteiger partial charge in [0.05, 0.1) is 6.04 Å². The lowest BCUT2D eigenvalue weighted by Gasteiger charge is -2.11. The number of nitrogens with zero attached hydrogens (tertiary/aromatic N) is 2. The van der Waals surface area contributed by atoms with Crippen LogP contribution in [-0.4, -0.2) is 30.1 Å². The molecule has 2 unspecified atom stereocenters. The second kappa shape index (κ2) is 13.1. The van der Waals surface area contributed by atoms with Crippen LogP contribution in [0.5, 0.6) is 0 Å². The van der Waals surface area contributed by atoms with Gasteiger partial charge in [-0.2, -0.15) is 0 Å². The van der Waals surface area contributed by atoms with Crippen molar-refractivity contribution in [2.75, 3.05) is 6.54 Å². The van der Waals surface area contributed by atoms with Crippen LogP contribution in [0.4, 0.5) is 8.78 Å². The Bertz CT molecular complexity index is 630. The van der Waals surface area contributed by atoms with Crippen molar-refractivity contribution in [2.45, 2.75) is 66.9 Å². The van der Waals surface area contributed by atoms with E-state index in [-0.39, 0.29) is 24.7 Å². The number of hydrogen-bond donors (Lipinski definition) is 1. The summed E-state index contributed by atoms with van der Waals surface area (Å²) >= 11 is 0. The standard InChI is InChI=1S/C13H15F2N3O.C6H12.C2H6/c1-7-5-9-6-17-8(2)11(9)12(18-7)13(19)16-4-3-10(14)15;1-4-6(3)5-2;1-2/h5-6,8,10H,3-4H2,1-2H3,(H,16,19);4,6H,1,5H2,2-3H3;1-2H3. The van der Waals surface area contributed by atoms with Crippen LogP contribution in [0, 0.1) is 12.8 Å². The number of aryl methyl sites for hydroxylation is 1. The Kier molecular flexibility index (Phi) is 12.1. The van der Waals surface area contributed by atoms with Gasteiger partial charge in [0.2, 0.25) is 6.43 Å². The number of alkyl halides is 2.